The summed E-state index contributed by atoms with van der Waals surface area (Å²) in [5.41, 5.74) is 0.942. The van der Waals surface area contributed by atoms with Crippen LogP contribution >= 0.6 is 15.9 Å². The van der Waals surface area contributed by atoms with Crippen molar-refractivity contribution in [3.63, 3.8) is 0 Å². The molecule has 2 heterocycles. The molecular formula is C14H18BrNO7. The lowest BCUT2D eigenvalue weighted by Crippen LogP contribution is -2.58. The van der Waals surface area contributed by atoms with Gasteiger partial charge in [0, 0.05) is 5.39 Å². The molecule has 1 aromatic carbocycles. The lowest BCUT2D eigenvalue weighted by Gasteiger charge is -2.37. The Morgan fingerprint density at radius 3 is 2.30 bits per heavy atom. The average Bonchev–Trinajstić information content (AvgIpc) is 2.84. The molecule has 128 valence electrons. The van der Waals surface area contributed by atoms with Crippen LogP contribution in [0.1, 0.15) is 0 Å². The summed E-state index contributed by atoms with van der Waals surface area (Å²) in [5.74, 6) is 0.278. The van der Waals surface area contributed by atoms with E-state index in [1.54, 1.807) is 0 Å². The second kappa shape index (κ2) is 7.58. The van der Waals surface area contributed by atoms with Gasteiger partial charge in [0.1, 0.15) is 29.0 Å². The Bertz CT molecular complexity index is 644. The van der Waals surface area contributed by atoms with E-state index in [2.05, 4.69) is 25.7 Å². The number of benzene rings is 1. The van der Waals surface area contributed by atoms with Gasteiger partial charge in [-0.15, -0.1) is 0 Å². The van der Waals surface area contributed by atoms with Crippen LogP contribution in [0.4, 0.5) is 0 Å². The first-order valence-corrected chi connectivity index (χ1v) is 7.59. The number of nitrogens with one attached hydrogen (secondary N) is 1. The van der Waals surface area contributed by atoms with Gasteiger partial charge >= 0.3 is 0 Å². The van der Waals surface area contributed by atoms with E-state index in [0.717, 1.165) is 10.9 Å². The molecule has 0 radical (unpaired) electrons. The smallest absolute Gasteiger partial charge is 0.184 e. The predicted molar refractivity (Wildman–Crippen MR) is 83.6 cm³/mol. The van der Waals surface area contributed by atoms with Gasteiger partial charge in [0.2, 0.25) is 0 Å². The first-order chi connectivity index (χ1) is 10.9. The summed E-state index contributed by atoms with van der Waals surface area (Å²) in [6.45, 7) is -0.526. The number of aliphatic hydroxyl groups excluding tert-OH is 5. The number of aromatic amines is 1. The number of hydrogen-bond donors (Lipinski definition) is 7. The molecule has 0 amide bonds. The maximum atomic E-state index is 9.42. The molecule has 0 unspecified atom stereocenters. The predicted octanol–water partition coefficient (Wildman–Crippen LogP) is -0.585. The van der Waals surface area contributed by atoms with Crippen LogP contribution in [0.3, 0.4) is 0 Å². The third-order valence-electron chi connectivity index (χ3n) is 3.50. The second-order valence-corrected chi connectivity index (χ2v) is 5.85. The zero-order valence-corrected chi connectivity index (χ0v) is 13.5. The molecule has 2 aromatic rings. The van der Waals surface area contributed by atoms with Gasteiger partial charge in [0.25, 0.3) is 0 Å². The Balaban J connectivity index is 0.000000167. The van der Waals surface area contributed by atoms with Crippen molar-refractivity contribution >= 4 is 26.8 Å². The highest BCUT2D eigenvalue weighted by Gasteiger charge is 2.42. The van der Waals surface area contributed by atoms with Gasteiger partial charge in [0.15, 0.2) is 12.0 Å². The van der Waals surface area contributed by atoms with Gasteiger partial charge in [0.05, 0.1) is 12.1 Å². The molecule has 0 spiro atoms. The van der Waals surface area contributed by atoms with Gasteiger partial charge in [-0.25, -0.2) is 0 Å². The molecule has 8 nitrogen and oxygen atoms in total. The molecule has 1 aliphatic heterocycles. The van der Waals surface area contributed by atoms with Crippen molar-refractivity contribution in [2.24, 2.45) is 0 Å². The van der Waals surface area contributed by atoms with Crippen LogP contribution in [-0.4, -0.2) is 72.9 Å². The third-order valence-corrected chi connectivity index (χ3v) is 4.08. The van der Waals surface area contributed by atoms with Gasteiger partial charge in [-0.05, 0) is 28.1 Å². The van der Waals surface area contributed by atoms with E-state index >= 15 is 0 Å². The maximum absolute atomic E-state index is 9.42. The monoisotopic (exact) mass is 391 g/mol. The van der Waals surface area contributed by atoms with Gasteiger partial charge in [-0.2, -0.15) is 0 Å². The van der Waals surface area contributed by atoms with E-state index in [9.17, 15) is 5.11 Å². The van der Waals surface area contributed by atoms with Gasteiger partial charge in [-0.1, -0.05) is 12.1 Å². The Morgan fingerprint density at radius 1 is 1.04 bits per heavy atom. The number of H-pyrrole nitrogens is 1. The largest absolute Gasteiger partial charge is 0.505 e. The summed E-state index contributed by atoms with van der Waals surface area (Å²) in [6, 6.07) is 7.60. The fourth-order valence-electron chi connectivity index (χ4n) is 2.18. The van der Waals surface area contributed by atoms with Crippen molar-refractivity contribution in [2.45, 2.75) is 30.7 Å². The number of para-hydroxylation sites is 1. The minimum absolute atomic E-state index is 0.278. The summed E-state index contributed by atoms with van der Waals surface area (Å²) in [6.07, 6.45) is -7.04. The molecule has 0 saturated carbocycles. The van der Waals surface area contributed by atoms with E-state index in [4.69, 9.17) is 25.5 Å². The van der Waals surface area contributed by atoms with Crippen molar-refractivity contribution in [2.75, 3.05) is 6.61 Å². The molecule has 1 fully saturated rings. The molecule has 0 bridgehead atoms. The number of fused-ring (bicyclic) bond motifs is 1. The highest BCUT2D eigenvalue weighted by atomic mass is 79.9. The normalized spacial score (nSPS) is 30.8. The lowest BCUT2D eigenvalue weighted by molar-refractivity contribution is -0.286. The van der Waals surface area contributed by atoms with Crippen LogP contribution < -0.4 is 0 Å². The van der Waals surface area contributed by atoms with Crippen molar-refractivity contribution in [1.82, 2.24) is 4.98 Å². The van der Waals surface area contributed by atoms with Gasteiger partial charge < -0.3 is 40.4 Å². The highest BCUT2D eigenvalue weighted by Crippen LogP contribution is 2.31. The van der Waals surface area contributed by atoms with Crippen LogP contribution in [0.15, 0.2) is 28.9 Å². The van der Waals surface area contributed by atoms with E-state index in [1.807, 2.05) is 24.3 Å². The second-order valence-electron chi connectivity index (χ2n) is 5.05. The maximum Gasteiger partial charge on any atom is 0.184 e. The molecular weight excluding hydrogens is 374 g/mol. The summed E-state index contributed by atoms with van der Waals surface area (Å²) in [5, 5.41) is 54.9. The topological polar surface area (TPSA) is 146 Å². The van der Waals surface area contributed by atoms with E-state index in [1.165, 1.54) is 0 Å². The Kier molecular flexibility index (Phi) is 5.98. The summed E-state index contributed by atoms with van der Waals surface area (Å²) < 4.78 is 5.21. The molecule has 1 aliphatic rings. The third kappa shape index (κ3) is 3.83. The standard InChI is InChI=1S/C8H6BrNO.C6H12O6/c9-8-7(11)5-3-1-2-4-6(5)10-8;7-1-2-3(8)4(9)5(10)6(11)12-2/h1-4,10-11H;2-11H,1H2/t;2-,3-,4+,5+,6+/m.1/s1. The lowest BCUT2D eigenvalue weighted by atomic mass is 10.00. The quantitative estimate of drug-likeness (QED) is 0.344. The van der Waals surface area contributed by atoms with E-state index in [0.29, 0.717) is 4.60 Å². The average molecular weight is 392 g/mol. The Labute approximate surface area is 139 Å². The van der Waals surface area contributed by atoms with Gasteiger partial charge in [-0.3, -0.25) is 0 Å². The van der Waals surface area contributed by atoms with Crippen LogP contribution in [-0.2, 0) is 4.74 Å². The van der Waals surface area contributed by atoms with Crippen LogP contribution in [0.2, 0.25) is 0 Å². The number of halogens is 1. The summed E-state index contributed by atoms with van der Waals surface area (Å²) >= 11 is 3.20. The van der Waals surface area contributed by atoms with Crippen LogP contribution in [0.25, 0.3) is 10.9 Å². The van der Waals surface area contributed by atoms with Crippen LogP contribution in [0, 0.1) is 0 Å². The Morgan fingerprint density at radius 2 is 1.70 bits per heavy atom. The van der Waals surface area contributed by atoms with E-state index in [-0.39, 0.29) is 5.75 Å². The Hall–Kier alpha value is -1.20. The summed E-state index contributed by atoms with van der Waals surface area (Å²) in [4.78, 5) is 2.99. The first kappa shape index (κ1) is 18.1. The molecule has 5 atom stereocenters. The molecule has 7 N–H and O–H groups in total. The SMILES string of the molecule is OC[C@H]1O[C@H](O)[C@@H](O)[C@@H](O)[C@@H]1O.Oc1c(Br)[nH]c2ccccc12. The molecule has 1 aromatic heterocycles. The zero-order valence-electron chi connectivity index (χ0n) is 11.9. The van der Waals surface area contributed by atoms with E-state index < -0.39 is 37.3 Å². The van der Waals surface area contributed by atoms with Crippen molar-refractivity contribution in [3.05, 3.63) is 28.9 Å². The van der Waals surface area contributed by atoms with Crippen molar-refractivity contribution in [3.8, 4) is 5.75 Å². The number of hydrogen-bond acceptors (Lipinski definition) is 7. The summed E-state index contributed by atoms with van der Waals surface area (Å²) in [7, 11) is 0. The fraction of sp³-hybridized carbons (Fsp3) is 0.429. The molecule has 3 rings (SSSR count). The molecule has 1 saturated heterocycles. The van der Waals surface area contributed by atoms with Crippen molar-refractivity contribution < 1.29 is 35.4 Å². The molecule has 23 heavy (non-hydrogen) atoms. The zero-order chi connectivity index (χ0) is 17.1. The first-order valence-electron chi connectivity index (χ1n) is 6.80. The molecule has 9 heteroatoms. The number of rotatable bonds is 1. The number of aromatic nitrogens is 1. The van der Waals surface area contributed by atoms with Crippen molar-refractivity contribution in [1.29, 1.82) is 0 Å². The minimum atomic E-state index is -1.57. The molecule has 0 aliphatic carbocycles. The number of aliphatic hydroxyl groups is 5. The minimum Gasteiger partial charge on any atom is -0.505 e. The highest BCUT2D eigenvalue weighted by molar-refractivity contribution is 9.10. The fourth-order valence-corrected chi connectivity index (χ4v) is 2.60. The number of ether oxygens (including phenoxy) is 1. The van der Waals surface area contributed by atoms with Crippen LogP contribution in [0.5, 0.6) is 5.75 Å². The number of aromatic hydroxyl groups is 1.